The number of hydrogen-bond acceptors (Lipinski definition) is 3. The molecule has 1 aliphatic heterocycles. The molecule has 2 rings (SSSR count). The van der Waals surface area contributed by atoms with Crippen LogP contribution in [-0.2, 0) is 26.9 Å². The number of amides is 1. The molecule has 8 heteroatoms. The lowest BCUT2D eigenvalue weighted by molar-refractivity contribution is -0.141. The molecule has 144 valence electrons. The van der Waals surface area contributed by atoms with Gasteiger partial charge in [-0.25, -0.2) is 0 Å². The second-order valence-electron chi connectivity index (χ2n) is 6.56. The van der Waals surface area contributed by atoms with E-state index in [9.17, 15) is 22.8 Å². The topological polar surface area (TPSA) is 75.6 Å². The van der Waals surface area contributed by atoms with Gasteiger partial charge in [0.1, 0.15) is 0 Å². The van der Waals surface area contributed by atoms with E-state index in [0.717, 1.165) is 12.1 Å². The van der Waals surface area contributed by atoms with Crippen LogP contribution in [0.3, 0.4) is 0 Å². The summed E-state index contributed by atoms with van der Waals surface area (Å²) in [7, 11) is 0. The molecular formula is C18H22F3NO4. The Kier molecular flexibility index (Phi) is 6.63. The van der Waals surface area contributed by atoms with Gasteiger partial charge in [-0.15, -0.1) is 0 Å². The summed E-state index contributed by atoms with van der Waals surface area (Å²) in [5.74, 6) is -1.28. The van der Waals surface area contributed by atoms with E-state index in [1.807, 2.05) is 0 Å². The van der Waals surface area contributed by atoms with E-state index >= 15 is 0 Å². The predicted octanol–water partition coefficient (Wildman–Crippen LogP) is 3.17. The number of carbonyl (C=O) groups excluding carboxylic acids is 1. The molecule has 0 radical (unpaired) electrons. The maximum Gasteiger partial charge on any atom is 0.416 e. The van der Waals surface area contributed by atoms with Crippen molar-refractivity contribution in [1.29, 1.82) is 0 Å². The van der Waals surface area contributed by atoms with Crippen molar-refractivity contribution in [3.05, 3.63) is 35.4 Å². The van der Waals surface area contributed by atoms with Crippen molar-refractivity contribution in [3.8, 4) is 0 Å². The average molecular weight is 373 g/mol. The minimum atomic E-state index is -4.39. The summed E-state index contributed by atoms with van der Waals surface area (Å²) in [6.07, 6.45) is -2.86. The van der Waals surface area contributed by atoms with Crippen molar-refractivity contribution >= 4 is 11.9 Å². The standard InChI is InChI=1S/C18H22F3NO4/c19-18(20,21)14-5-1-3-13(11-14)4-2-6-15(23)22-17(12-16(24)25)7-9-26-10-8-17/h1,3,5,11H,2,4,6-10,12H2,(H,22,23)(H,24,25). The number of hydrogen-bond donors (Lipinski definition) is 2. The first-order valence-electron chi connectivity index (χ1n) is 8.47. The normalized spacial score (nSPS) is 16.9. The van der Waals surface area contributed by atoms with E-state index in [4.69, 9.17) is 9.84 Å². The van der Waals surface area contributed by atoms with Crippen LogP contribution in [0.15, 0.2) is 24.3 Å². The van der Waals surface area contributed by atoms with Crippen LogP contribution in [0.4, 0.5) is 13.2 Å². The molecule has 1 aromatic rings. The van der Waals surface area contributed by atoms with Gasteiger partial charge >= 0.3 is 12.1 Å². The van der Waals surface area contributed by atoms with Crippen LogP contribution in [0.2, 0.25) is 0 Å². The summed E-state index contributed by atoms with van der Waals surface area (Å²) in [5, 5.41) is 11.9. The SMILES string of the molecule is O=C(O)CC1(NC(=O)CCCc2cccc(C(F)(F)F)c2)CCOCC1. The van der Waals surface area contributed by atoms with Gasteiger partial charge in [0.2, 0.25) is 5.91 Å². The molecule has 1 fully saturated rings. The van der Waals surface area contributed by atoms with Crippen molar-refractivity contribution in [3.63, 3.8) is 0 Å². The first kappa shape index (κ1) is 20.2. The fraction of sp³-hybridized carbons (Fsp3) is 0.556. The predicted molar refractivity (Wildman–Crippen MR) is 87.6 cm³/mol. The highest BCUT2D eigenvalue weighted by atomic mass is 19.4. The Bertz CT molecular complexity index is 640. The molecule has 0 saturated carbocycles. The third-order valence-corrected chi connectivity index (χ3v) is 4.47. The maximum atomic E-state index is 12.7. The lowest BCUT2D eigenvalue weighted by Gasteiger charge is -2.36. The van der Waals surface area contributed by atoms with Gasteiger partial charge in [0, 0.05) is 19.6 Å². The number of halogens is 3. The van der Waals surface area contributed by atoms with Gasteiger partial charge in [0.25, 0.3) is 0 Å². The van der Waals surface area contributed by atoms with Gasteiger partial charge in [0.05, 0.1) is 17.5 Å². The fourth-order valence-corrected chi connectivity index (χ4v) is 3.11. The maximum absolute atomic E-state index is 12.7. The number of aliphatic carboxylic acids is 1. The first-order chi connectivity index (χ1) is 12.2. The smallest absolute Gasteiger partial charge is 0.416 e. The number of alkyl halides is 3. The molecule has 1 aromatic carbocycles. The Morgan fingerprint density at radius 1 is 1.23 bits per heavy atom. The third-order valence-electron chi connectivity index (χ3n) is 4.47. The number of benzene rings is 1. The molecule has 1 saturated heterocycles. The number of nitrogens with one attached hydrogen (secondary N) is 1. The molecule has 1 amide bonds. The minimum absolute atomic E-state index is 0.123. The number of carboxylic acids is 1. The molecule has 5 nitrogen and oxygen atoms in total. The molecule has 0 unspecified atom stereocenters. The largest absolute Gasteiger partial charge is 0.481 e. The lowest BCUT2D eigenvalue weighted by Crippen LogP contribution is -2.53. The van der Waals surface area contributed by atoms with Gasteiger partial charge in [-0.3, -0.25) is 9.59 Å². The van der Waals surface area contributed by atoms with Crippen molar-refractivity contribution in [2.75, 3.05) is 13.2 Å². The average Bonchev–Trinajstić information content (AvgIpc) is 2.54. The third kappa shape index (κ3) is 6.01. The number of rotatable bonds is 7. The Hall–Kier alpha value is -2.09. The summed E-state index contributed by atoms with van der Waals surface area (Å²) >= 11 is 0. The number of ether oxygens (including phenoxy) is 1. The van der Waals surface area contributed by atoms with Crippen molar-refractivity contribution in [1.82, 2.24) is 5.32 Å². The number of aryl methyl sites for hydroxylation is 1. The minimum Gasteiger partial charge on any atom is -0.481 e. The lowest BCUT2D eigenvalue weighted by atomic mass is 9.86. The highest BCUT2D eigenvalue weighted by Crippen LogP contribution is 2.30. The Labute approximate surface area is 149 Å². The summed E-state index contributed by atoms with van der Waals surface area (Å²) in [6.45, 7) is 0.773. The molecule has 1 heterocycles. The van der Waals surface area contributed by atoms with Crippen LogP contribution < -0.4 is 5.32 Å². The van der Waals surface area contributed by atoms with E-state index in [0.29, 0.717) is 44.5 Å². The Morgan fingerprint density at radius 3 is 2.54 bits per heavy atom. The van der Waals surface area contributed by atoms with Gasteiger partial charge in [0.15, 0.2) is 0 Å². The zero-order valence-corrected chi connectivity index (χ0v) is 14.3. The van der Waals surface area contributed by atoms with Gasteiger partial charge in [-0.05, 0) is 37.3 Å². The second kappa shape index (κ2) is 8.53. The molecule has 0 spiro atoms. The van der Waals surface area contributed by atoms with Crippen LogP contribution in [0, 0.1) is 0 Å². The molecule has 0 bridgehead atoms. The Balaban J connectivity index is 1.87. The molecule has 0 aliphatic carbocycles. The van der Waals surface area contributed by atoms with Crippen molar-refractivity contribution < 1.29 is 32.6 Å². The molecule has 1 aliphatic rings. The van der Waals surface area contributed by atoms with Crippen LogP contribution in [0.1, 0.15) is 43.2 Å². The quantitative estimate of drug-likeness (QED) is 0.770. The molecule has 0 atom stereocenters. The number of carbonyl (C=O) groups is 2. The highest BCUT2D eigenvalue weighted by Gasteiger charge is 2.36. The summed E-state index contributed by atoms with van der Waals surface area (Å²) < 4.78 is 43.3. The second-order valence-corrected chi connectivity index (χ2v) is 6.56. The van der Waals surface area contributed by atoms with E-state index in [1.54, 1.807) is 6.07 Å². The van der Waals surface area contributed by atoms with Crippen LogP contribution in [-0.4, -0.2) is 35.7 Å². The van der Waals surface area contributed by atoms with Crippen LogP contribution in [0.5, 0.6) is 0 Å². The summed E-state index contributed by atoms with van der Waals surface area (Å²) in [6, 6.07) is 5.04. The van der Waals surface area contributed by atoms with E-state index in [-0.39, 0.29) is 18.7 Å². The fourth-order valence-electron chi connectivity index (χ4n) is 3.11. The van der Waals surface area contributed by atoms with E-state index < -0.39 is 23.2 Å². The van der Waals surface area contributed by atoms with Crippen LogP contribution in [0.25, 0.3) is 0 Å². The molecule has 2 N–H and O–H groups in total. The van der Waals surface area contributed by atoms with E-state index in [2.05, 4.69) is 5.32 Å². The summed E-state index contributed by atoms with van der Waals surface area (Å²) in [4.78, 5) is 23.3. The van der Waals surface area contributed by atoms with Gasteiger partial charge < -0.3 is 15.2 Å². The first-order valence-corrected chi connectivity index (χ1v) is 8.47. The molecule has 26 heavy (non-hydrogen) atoms. The molecular weight excluding hydrogens is 351 g/mol. The zero-order chi connectivity index (χ0) is 19.2. The monoisotopic (exact) mass is 373 g/mol. The van der Waals surface area contributed by atoms with Gasteiger partial charge in [-0.2, -0.15) is 13.2 Å². The number of carboxylic acid groups (broad SMARTS) is 1. The van der Waals surface area contributed by atoms with Crippen molar-refractivity contribution in [2.24, 2.45) is 0 Å². The molecule has 0 aromatic heterocycles. The Morgan fingerprint density at radius 2 is 1.92 bits per heavy atom. The van der Waals surface area contributed by atoms with Gasteiger partial charge in [-0.1, -0.05) is 18.2 Å². The van der Waals surface area contributed by atoms with E-state index in [1.165, 1.54) is 6.07 Å². The van der Waals surface area contributed by atoms with Crippen LogP contribution >= 0.6 is 0 Å². The van der Waals surface area contributed by atoms with Crippen molar-refractivity contribution in [2.45, 2.75) is 50.2 Å². The zero-order valence-electron chi connectivity index (χ0n) is 14.3. The highest BCUT2D eigenvalue weighted by molar-refractivity contribution is 5.78. The summed E-state index contributed by atoms with van der Waals surface area (Å²) in [5.41, 5.74) is -1.00.